The topological polar surface area (TPSA) is 65.0 Å². The van der Waals surface area contributed by atoms with Gasteiger partial charge in [-0.25, -0.2) is 0 Å². The molecule has 0 atom stereocenters. The number of carbonyl (C=O) groups excluding carboxylic acids is 1. The minimum Gasteiger partial charge on any atom is -0.471 e. The minimum atomic E-state index is -0.279. The van der Waals surface area contributed by atoms with Crippen LogP contribution in [0.3, 0.4) is 0 Å². The molecule has 50 heavy (non-hydrogen) atoms. The summed E-state index contributed by atoms with van der Waals surface area (Å²) in [5, 5.41) is 2.34. The predicted molar refractivity (Wildman–Crippen MR) is 196 cm³/mol. The van der Waals surface area contributed by atoms with E-state index < -0.39 is 0 Å². The normalized spacial score (nSPS) is 10.1. The molecule has 8 rings (SSSR count). The van der Waals surface area contributed by atoms with Crippen LogP contribution in [0, 0.1) is 18.2 Å². The number of rotatable bonds is 5. The van der Waals surface area contributed by atoms with Crippen molar-refractivity contribution < 1.29 is 29.6 Å². The van der Waals surface area contributed by atoms with Gasteiger partial charge in [0.1, 0.15) is 0 Å². The Morgan fingerprint density at radius 3 is 1.58 bits per heavy atom. The second-order valence-electron chi connectivity index (χ2n) is 10.9. The van der Waals surface area contributed by atoms with Crippen LogP contribution in [0.1, 0.15) is 12.5 Å². The maximum absolute atomic E-state index is 10.7. The van der Waals surface area contributed by atoms with E-state index in [0.717, 1.165) is 50.4 Å². The Labute approximate surface area is 306 Å². The summed E-state index contributed by atoms with van der Waals surface area (Å²) in [6.07, 6.45) is 1.75. The van der Waals surface area contributed by atoms with Crippen LogP contribution in [0.4, 0.5) is 0 Å². The van der Waals surface area contributed by atoms with Gasteiger partial charge < -0.3 is 9.72 Å². The first-order valence-corrected chi connectivity index (χ1v) is 15.8. The van der Waals surface area contributed by atoms with E-state index in [1.165, 1.54) is 17.7 Å². The van der Waals surface area contributed by atoms with Crippen molar-refractivity contribution in [2.45, 2.75) is 13.5 Å². The van der Waals surface area contributed by atoms with Crippen LogP contribution in [0.25, 0.3) is 55.6 Å². The first-order chi connectivity index (χ1) is 24.1. The molecule has 0 saturated heterocycles. The molecule has 3 aromatic heterocycles. The maximum atomic E-state index is 10.7. The number of carbonyl (C=O) groups is 1. The average Bonchev–Trinajstić information content (AvgIpc) is 3.18. The van der Waals surface area contributed by atoms with Crippen molar-refractivity contribution in [3.63, 3.8) is 0 Å². The molecule has 0 aliphatic rings. The monoisotopic (exact) mass is 827 g/mol. The number of ether oxygens (including phenoxy) is 1. The number of hydrogen-bond acceptors (Lipinski definition) is 5. The van der Waals surface area contributed by atoms with Gasteiger partial charge in [0.05, 0.1) is 17.6 Å². The fourth-order valence-corrected chi connectivity index (χ4v) is 4.95. The van der Waals surface area contributed by atoms with Gasteiger partial charge in [0.15, 0.2) is 0 Å². The second kappa shape index (κ2) is 18.1. The first kappa shape index (κ1) is 35.5. The fraction of sp³-hybridized carbons (Fsp3) is 0.0455. The Hall–Kier alpha value is -5.81. The van der Waals surface area contributed by atoms with E-state index in [2.05, 4.69) is 57.4 Å². The van der Waals surface area contributed by atoms with Crippen molar-refractivity contribution in [3.8, 4) is 33.8 Å². The zero-order valence-corrected chi connectivity index (χ0v) is 29.7. The molecule has 0 amide bonds. The quantitative estimate of drug-likeness (QED) is 0.128. The fourth-order valence-electron chi connectivity index (χ4n) is 4.95. The Bertz CT molecular complexity index is 2130. The summed E-state index contributed by atoms with van der Waals surface area (Å²) in [4.78, 5) is 24.1. The largest absolute Gasteiger partial charge is 3.00 e. The Morgan fingerprint density at radius 1 is 0.560 bits per heavy atom. The van der Waals surface area contributed by atoms with Crippen LogP contribution < -0.4 is 0 Å². The molecule has 0 unspecified atom stereocenters. The van der Waals surface area contributed by atoms with Gasteiger partial charge in [0.2, 0.25) is 0 Å². The molecule has 6 heteroatoms. The van der Waals surface area contributed by atoms with Crippen molar-refractivity contribution in [3.05, 3.63) is 188 Å². The van der Waals surface area contributed by atoms with Gasteiger partial charge in [-0.05, 0) is 46.1 Å². The van der Waals surface area contributed by atoms with E-state index in [1.807, 2.05) is 133 Å². The van der Waals surface area contributed by atoms with Crippen LogP contribution in [-0.4, -0.2) is 20.9 Å². The van der Waals surface area contributed by atoms with Gasteiger partial charge in [0, 0.05) is 13.1 Å². The molecule has 0 radical (unpaired) electrons. The van der Waals surface area contributed by atoms with Crippen LogP contribution in [0.2, 0.25) is 0 Å². The summed E-state index contributed by atoms with van der Waals surface area (Å²) < 4.78 is 4.90. The van der Waals surface area contributed by atoms with E-state index in [1.54, 1.807) is 6.20 Å². The molecule has 3 heterocycles. The molecule has 0 N–H and O–H groups in total. The third kappa shape index (κ3) is 9.86. The molecular weight excluding hydrogens is 795 g/mol. The summed E-state index contributed by atoms with van der Waals surface area (Å²) in [7, 11) is 0. The standard InChI is InChI=1S/2C15H10N.C14H12NO2.Ir/c2*1-2-6-12(7-3-1)15-11-10-13-8-4-5-9-14(13)16-15;1-11(16)17-10-12-5-7-13(8-6-12)14-4-2-3-9-15-14;/h2*1-6,8-11H;2-7,9H,10H2,1H3;/q3*-1;+3. The maximum Gasteiger partial charge on any atom is 3.00 e. The van der Waals surface area contributed by atoms with E-state index >= 15 is 0 Å². The number of hydrogen-bond donors (Lipinski definition) is 0. The SMILES string of the molecule is CC(=O)OCc1c[c-]c(-c2ccccn2)cc1.[Ir+3].[c-]1ccccc1-c1ccc2ccccc2n1.[c-]1ccccc1-c1ccc2ccccc2n1. The molecule has 0 aliphatic heterocycles. The van der Waals surface area contributed by atoms with Gasteiger partial charge in [-0.15, -0.1) is 102 Å². The Morgan fingerprint density at radius 2 is 1.10 bits per heavy atom. The van der Waals surface area contributed by atoms with Crippen molar-refractivity contribution in [1.82, 2.24) is 15.0 Å². The molecule has 0 spiro atoms. The minimum absolute atomic E-state index is 0. The summed E-state index contributed by atoms with van der Waals surface area (Å²) in [5.74, 6) is -0.279. The van der Waals surface area contributed by atoms with Gasteiger partial charge >= 0.3 is 26.1 Å². The van der Waals surface area contributed by atoms with Crippen LogP contribution in [0.5, 0.6) is 0 Å². The van der Waals surface area contributed by atoms with Crippen molar-refractivity contribution in [2.24, 2.45) is 0 Å². The number of aromatic nitrogens is 3. The summed E-state index contributed by atoms with van der Waals surface area (Å²) >= 11 is 0. The summed E-state index contributed by atoms with van der Waals surface area (Å²) in [6.45, 7) is 1.68. The van der Waals surface area contributed by atoms with Gasteiger partial charge in [-0.3, -0.25) is 14.8 Å². The van der Waals surface area contributed by atoms with Crippen molar-refractivity contribution in [1.29, 1.82) is 0 Å². The number of benzene rings is 5. The molecule has 5 aromatic carbocycles. The molecular formula is C44H32IrN3O2. The molecule has 8 aromatic rings. The van der Waals surface area contributed by atoms with Crippen molar-refractivity contribution in [2.75, 3.05) is 0 Å². The third-order valence-electron chi connectivity index (χ3n) is 7.43. The molecule has 0 bridgehead atoms. The number of para-hydroxylation sites is 2. The Balaban J connectivity index is 0.000000144. The summed E-state index contributed by atoms with van der Waals surface area (Å²) in [5.41, 5.74) is 8.79. The molecule has 0 fully saturated rings. The van der Waals surface area contributed by atoms with E-state index in [9.17, 15) is 4.79 Å². The van der Waals surface area contributed by atoms with Crippen molar-refractivity contribution >= 4 is 27.8 Å². The molecule has 0 saturated carbocycles. The second-order valence-corrected chi connectivity index (χ2v) is 10.9. The van der Waals surface area contributed by atoms with Gasteiger partial charge in [0.25, 0.3) is 0 Å². The van der Waals surface area contributed by atoms with E-state index in [0.29, 0.717) is 0 Å². The van der Waals surface area contributed by atoms with E-state index in [4.69, 9.17) is 4.74 Å². The zero-order chi connectivity index (χ0) is 33.7. The average molecular weight is 827 g/mol. The summed E-state index contributed by atoms with van der Waals surface area (Å²) in [6, 6.07) is 61.2. The van der Waals surface area contributed by atoms with Crippen LogP contribution in [-0.2, 0) is 36.2 Å². The van der Waals surface area contributed by atoms with E-state index in [-0.39, 0.29) is 32.7 Å². The predicted octanol–water partition coefficient (Wildman–Crippen LogP) is 10.0. The van der Waals surface area contributed by atoms with Crippen LogP contribution >= 0.6 is 0 Å². The smallest absolute Gasteiger partial charge is 0.471 e. The molecule has 244 valence electrons. The number of esters is 1. The zero-order valence-electron chi connectivity index (χ0n) is 27.3. The number of nitrogens with zero attached hydrogens (tertiary/aromatic N) is 3. The Kier molecular flexibility index (Phi) is 12.8. The van der Waals surface area contributed by atoms with Gasteiger partial charge in [-0.1, -0.05) is 78.4 Å². The molecule has 5 nitrogen and oxygen atoms in total. The third-order valence-corrected chi connectivity index (χ3v) is 7.43. The number of pyridine rings is 3. The van der Waals surface area contributed by atoms with Gasteiger partial charge in [-0.2, -0.15) is 0 Å². The first-order valence-electron chi connectivity index (χ1n) is 15.8. The van der Waals surface area contributed by atoms with Crippen LogP contribution in [0.15, 0.2) is 164 Å². The number of fused-ring (bicyclic) bond motifs is 2. The molecule has 0 aliphatic carbocycles.